The molecule has 0 aromatic carbocycles. The van der Waals surface area contributed by atoms with Crippen LogP contribution in [0.15, 0.2) is 15.5 Å². The van der Waals surface area contributed by atoms with E-state index in [-0.39, 0.29) is 11.9 Å². The van der Waals surface area contributed by atoms with Gasteiger partial charge in [0.05, 0.1) is 14.1 Å². The first-order valence-electron chi connectivity index (χ1n) is 6.78. The van der Waals surface area contributed by atoms with Gasteiger partial charge in [0.1, 0.15) is 6.21 Å². The summed E-state index contributed by atoms with van der Waals surface area (Å²) in [5.41, 5.74) is 1.02. The van der Waals surface area contributed by atoms with E-state index in [9.17, 15) is 9.59 Å². The predicted octanol–water partition coefficient (Wildman–Crippen LogP) is 2.13. The molecule has 0 N–H and O–H groups in total. The maximum Gasteiger partial charge on any atom is 0.445 e. The summed E-state index contributed by atoms with van der Waals surface area (Å²) >= 11 is 1.71. The number of rotatable bonds is 4. The maximum atomic E-state index is 12.4. The van der Waals surface area contributed by atoms with Crippen molar-refractivity contribution in [3.8, 4) is 0 Å². The number of amides is 3. The van der Waals surface area contributed by atoms with Gasteiger partial charge >= 0.3 is 11.9 Å². The molecule has 3 amide bonds. The Balaban J connectivity index is 2.40. The zero-order valence-electron chi connectivity index (χ0n) is 12.3. The average molecular weight is 294 g/mol. The van der Waals surface area contributed by atoms with E-state index in [0.717, 1.165) is 29.1 Å². The monoisotopic (exact) mass is 294 g/mol. The second kappa shape index (κ2) is 5.91. The fourth-order valence-corrected chi connectivity index (χ4v) is 3.59. The minimum Gasteiger partial charge on any atom is -0.255 e. The molecule has 0 aromatic rings. The van der Waals surface area contributed by atoms with Crippen molar-refractivity contribution < 1.29 is 14.2 Å². The lowest BCUT2D eigenvalue weighted by molar-refractivity contribution is -0.407. The number of hydrogen-bond acceptors (Lipinski definition) is 4. The van der Waals surface area contributed by atoms with Crippen LogP contribution in [0.1, 0.15) is 26.7 Å². The largest absolute Gasteiger partial charge is 0.445 e. The molecule has 0 fully saturated rings. The Morgan fingerprint density at radius 1 is 1.45 bits per heavy atom. The number of fused-ring (bicyclic) bond motifs is 1. The number of aliphatic imine (C=N–C) groups is 1. The predicted molar refractivity (Wildman–Crippen MR) is 81.4 cm³/mol. The first-order valence-corrected chi connectivity index (χ1v) is 7.77. The SMILES string of the molecule is CCCCSC1=C(C)C=NC2=[N+](C)C(=O)N(C)C(=O)C12. The van der Waals surface area contributed by atoms with Gasteiger partial charge < -0.3 is 0 Å². The molecule has 1 unspecified atom stereocenters. The number of imide groups is 1. The highest BCUT2D eigenvalue weighted by molar-refractivity contribution is 8.03. The van der Waals surface area contributed by atoms with Gasteiger partial charge in [-0.05, 0) is 24.7 Å². The van der Waals surface area contributed by atoms with Crippen LogP contribution in [-0.2, 0) is 4.79 Å². The molecule has 0 radical (unpaired) electrons. The third-order valence-electron chi connectivity index (χ3n) is 3.55. The third kappa shape index (κ3) is 2.44. The Hall–Kier alpha value is -1.43. The van der Waals surface area contributed by atoms with Crippen LogP contribution in [0, 0.1) is 5.92 Å². The van der Waals surface area contributed by atoms with Crippen LogP contribution in [0.2, 0.25) is 0 Å². The van der Waals surface area contributed by atoms with Gasteiger partial charge in [0.15, 0.2) is 5.92 Å². The van der Waals surface area contributed by atoms with Crippen LogP contribution < -0.4 is 0 Å². The number of unbranched alkanes of at least 4 members (excludes halogenated alkanes) is 1. The summed E-state index contributed by atoms with van der Waals surface area (Å²) in [7, 11) is 3.19. The van der Waals surface area contributed by atoms with Gasteiger partial charge in [-0.25, -0.2) is 4.79 Å². The minimum absolute atomic E-state index is 0.182. The molecular weight excluding hydrogens is 274 g/mol. The van der Waals surface area contributed by atoms with Gasteiger partial charge in [0.2, 0.25) is 0 Å². The molecule has 0 aromatic heterocycles. The van der Waals surface area contributed by atoms with Crippen molar-refractivity contribution in [2.45, 2.75) is 26.7 Å². The van der Waals surface area contributed by atoms with E-state index in [4.69, 9.17) is 0 Å². The number of thioether (sulfide) groups is 1. The van der Waals surface area contributed by atoms with Gasteiger partial charge in [-0.15, -0.1) is 16.8 Å². The summed E-state index contributed by atoms with van der Waals surface area (Å²) in [4.78, 5) is 30.9. The summed E-state index contributed by atoms with van der Waals surface area (Å²) in [6, 6.07) is -0.323. The van der Waals surface area contributed by atoms with Crippen molar-refractivity contribution in [2.75, 3.05) is 19.8 Å². The Morgan fingerprint density at radius 2 is 2.15 bits per heavy atom. The molecule has 0 saturated heterocycles. The number of carbonyl (C=O) groups is 2. The molecule has 5 nitrogen and oxygen atoms in total. The quantitative estimate of drug-likeness (QED) is 0.589. The van der Waals surface area contributed by atoms with Crippen molar-refractivity contribution in [1.82, 2.24) is 4.90 Å². The van der Waals surface area contributed by atoms with E-state index < -0.39 is 5.92 Å². The first-order chi connectivity index (χ1) is 9.49. The first kappa shape index (κ1) is 15.0. The number of amidine groups is 1. The molecule has 2 aliphatic heterocycles. The topological polar surface area (TPSA) is 52.8 Å². The molecule has 2 rings (SSSR count). The molecule has 0 aliphatic carbocycles. The highest BCUT2D eigenvalue weighted by Crippen LogP contribution is 2.34. The van der Waals surface area contributed by atoms with Crippen LogP contribution in [0.25, 0.3) is 0 Å². The standard InChI is InChI=1S/C14H20N3O2S/c1-5-6-7-20-11-9(2)8-15-12-10(11)13(18)17(4)14(19)16(12)3/h8,10H,5-7H2,1-4H3/q+1. The van der Waals surface area contributed by atoms with E-state index in [0.29, 0.717) is 5.84 Å². The molecule has 20 heavy (non-hydrogen) atoms. The van der Waals surface area contributed by atoms with E-state index in [2.05, 4.69) is 11.9 Å². The molecule has 108 valence electrons. The second-order valence-corrected chi connectivity index (χ2v) is 6.17. The van der Waals surface area contributed by atoms with Crippen molar-refractivity contribution in [3.63, 3.8) is 0 Å². The number of carbonyl (C=O) groups excluding carboxylic acids is 2. The van der Waals surface area contributed by atoms with Crippen molar-refractivity contribution in [2.24, 2.45) is 10.9 Å². The third-order valence-corrected chi connectivity index (χ3v) is 4.91. The summed E-state index contributed by atoms with van der Waals surface area (Å²) < 4.78 is 1.47. The van der Waals surface area contributed by atoms with Gasteiger partial charge in [-0.1, -0.05) is 13.3 Å². The summed E-state index contributed by atoms with van der Waals surface area (Å²) in [6.07, 6.45) is 3.99. The van der Waals surface area contributed by atoms with Crippen LogP contribution in [0.3, 0.4) is 0 Å². The summed E-state index contributed by atoms with van der Waals surface area (Å²) in [6.45, 7) is 4.12. The summed E-state index contributed by atoms with van der Waals surface area (Å²) in [5.74, 6) is 0.922. The number of hydrogen-bond donors (Lipinski definition) is 0. The average Bonchev–Trinajstić information content (AvgIpc) is 2.44. The normalized spacial score (nSPS) is 22.8. The Bertz CT molecular complexity index is 549. The lowest BCUT2D eigenvalue weighted by Gasteiger charge is -2.27. The maximum absolute atomic E-state index is 12.4. The Labute approximate surface area is 123 Å². The minimum atomic E-state index is -0.422. The molecule has 2 heterocycles. The lowest BCUT2D eigenvalue weighted by Crippen LogP contribution is -2.52. The molecule has 1 atom stereocenters. The van der Waals surface area contributed by atoms with Gasteiger partial charge in [0, 0.05) is 4.91 Å². The van der Waals surface area contributed by atoms with Gasteiger partial charge in [-0.2, -0.15) is 9.48 Å². The van der Waals surface area contributed by atoms with Crippen LogP contribution in [0.5, 0.6) is 0 Å². The smallest absolute Gasteiger partial charge is 0.255 e. The molecule has 0 spiro atoms. The fraction of sp³-hybridized carbons (Fsp3) is 0.571. The molecule has 2 aliphatic rings. The number of urea groups is 1. The molecule has 0 saturated carbocycles. The Morgan fingerprint density at radius 3 is 2.80 bits per heavy atom. The fourth-order valence-electron chi connectivity index (χ4n) is 2.28. The molecular formula is C14H20N3O2S+. The van der Waals surface area contributed by atoms with Crippen molar-refractivity contribution >= 4 is 35.8 Å². The second-order valence-electron chi connectivity index (χ2n) is 5.04. The number of allylic oxidation sites excluding steroid dienone is 1. The van der Waals surface area contributed by atoms with E-state index in [1.807, 2.05) is 6.92 Å². The van der Waals surface area contributed by atoms with Crippen LogP contribution in [-0.4, -0.2) is 53.3 Å². The van der Waals surface area contributed by atoms with E-state index in [1.165, 1.54) is 16.5 Å². The highest BCUT2D eigenvalue weighted by atomic mass is 32.2. The van der Waals surface area contributed by atoms with Gasteiger partial charge in [0.25, 0.3) is 5.84 Å². The molecule has 0 bridgehead atoms. The Kier molecular flexibility index (Phi) is 4.42. The lowest BCUT2D eigenvalue weighted by atomic mass is 9.99. The van der Waals surface area contributed by atoms with Crippen molar-refractivity contribution in [1.29, 1.82) is 0 Å². The van der Waals surface area contributed by atoms with Gasteiger partial charge in [-0.3, -0.25) is 4.79 Å². The zero-order chi connectivity index (χ0) is 14.9. The van der Waals surface area contributed by atoms with Crippen LogP contribution >= 0.6 is 11.8 Å². The zero-order valence-corrected chi connectivity index (χ0v) is 13.2. The van der Waals surface area contributed by atoms with E-state index >= 15 is 0 Å². The number of dihydropyridines is 1. The highest BCUT2D eigenvalue weighted by Gasteiger charge is 2.47. The molecule has 6 heteroatoms. The van der Waals surface area contributed by atoms with E-state index in [1.54, 1.807) is 25.0 Å². The summed E-state index contributed by atoms with van der Waals surface area (Å²) in [5, 5.41) is 0. The van der Waals surface area contributed by atoms with Crippen molar-refractivity contribution in [3.05, 3.63) is 10.5 Å². The number of nitrogens with zero attached hydrogens (tertiary/aromatic N) is 3. The van der Waals surface area contributed by atoms with Crippen LogP contribution in [0.4, 0.5) is 4.79 Å².